The van der Waals surface area contributed by atoms with Gasteiger partial charge in [-0.3, -0.25) is 0 Å². The molecular formula is C25H26ClO4-. The SMILES string of the molecule is O=C([O-])c1cc(-c2ccc(-c3ccccc3)c(OCCCCCCCCCl)c2)co1. The summed E-state index contributed by atoms with van der Waals surface area (Å²) < 4.78 is 11.2. The van der Waals surface area contributed by atoms with Crippen molar-refractivity contribution >= 4 is 17.6 Å². The van der Waals surface area contributed by atoms with Crippen LogP contribution in [0.2, 0.25) is 0 Å². The Labute approximate surface area is 182 Å². The lowest BCUT2D eigenvalue weighted by molar-refractivity contribution is -0.257. The number of aromatic carboxylic acids is 1. The van der Waals surface area contributed by atoms with Crippen molar-refractivity contribution in [2.45, 2.75) is 38.5 Å². The van der Waals surface area contributed by atoms with Crippen molar-refractivity contribution in [3.8, 4) is 28.0 Å². The van der Waals surface area contributed by atoms with E-state index in [4.69, 9.17) is 20.8 Å². The van der Waals surface area contributed by atoms with Gasteiger partial charge in [-0.15, -0.1) is 11.6 Å². The minimum Gasteiger partial charge on any atom is -0.542 e. The van der Waals surface area contributed by atoms with Crippen LogP contribution in [0.15, 0.2) is 65.3 Å². The van der Waals surface area contributed by atoms with Crippen LogP contribution < -0.4 is 9.84 Å². The number of furan rings is 1. The third-order valence-electron chi connectivity index (χ3n) is 4.99. The summed E-state index contributed by atoms with van der Waals surface area (Å²) >= 11 is 5.71. The number of halogens is 1. The van der Waals surface area contributed by atoms with Gasteiger partial charge in [0.2, 0.25) is 0 Å². The van der Waals surface area contributed by atoms with Crippen LogP contribution in [0.3, 0.4) is 0 Å². The average molecular weight is 426 g/mol. The molecule has 0 atom stereocenters. The predicted octanol–water partition coefficient (Wildman–Crippen LogP) is 5.94. The molecule has 0 aliphatic carbocycles. The number of hydrogen-bond donors (Lipinski definition) is 0. The first-order valence-electron chi connectivity index (χ1n) is 10.4. The minimum atomic E-state index is -1.33. The van der Waals surface area contributed by atoms with E-state index in [1.807, 2.05) is 48.5 Å². The molecule has 5 heteroatoms. The molecule has 0 spiro atoms. The Morgan fingerprint density at radius 1 is 0.867 bits per heavy atom. The molecule has 158 valence electrons. The highest BCUT2D eigenvalue weighted by Gasteiger charge is 2.11. The number of benzene rings is 2. The van der Waals surface area contributed by atoms with Crippen molar-refractivity contribution in [3.63, 3.8) is 0 Å². The van der Waals surface area contributed by atoms with Crippen LogP contribution in [0.4, 0.5) is 0 Å². The molecule has 2 aromatic carbocycles. The second kappa shape index (κ2) is 11.5. The van der Waals surface area contributed by atoms with Crippen molar-refractivity contribution in [2.24, 2.45) is 0 Å². The number of carboxylic acid groups (broad SMARTS) is 1. The zero-order chi connectivity index (χ0) is 21.2. The molecule has 3 aromatic rings. The van der Waals surface area contributed by atoms with Crippen molar-refractivity contribution < 1.29 is 19.1 Å². The van der Waals surface area contributed by atoms with Gasteiger partial charge < -0.3 is 19.1 Å². The normalized spacial score (nSPS) is 10.8. The van der Waals surface area contributed by atoms with E-state index in [1.54, 1.807) is 0 Å². The van der Waals surface area contributed by atoms with Crippen LogP contribution >= 0.6 is 11.6 Å². The molecule has 0 radical (unpaired) electrons. The zero-order valence-corrected chi connectivity index (χ0v) is 17.7. The summed E-state index contributed by atoms with van der Waals surface area (Å²) in [6, 6.07) is 17.4. The fraction of sp³-hybridized carbons (Fsp3) is 0.320. The summed E-state index contributed by atoms with van der Waals surface area (Å²) in [6.07, 6.45) is 8.19. The van der Waals surface area contributed by atoms with E-state index in [0.29, 0.717) is 12.2 Å². The van der Waals surface area contributed by atoms with Crippen molar-refractivity contribution in [1.82, 2.24) is 0 Å². The molecule has 0 aliphatic rings. The molecule has 0 unspecified atom stereocenters. The number of carbonyl (C=O) groups excluding carboxylic acids is 1. The number of carbonyl (C=O) groups is 1. The van der Waals surface area contributed by atoms with Crippen LogP contribution in [0.25, 0.3) is 22.3 Å². The minimum absolute atomic E-state index is 0.186. The molecule has 0 saturated carbocycles. The van der Waals surface area contributed by atoms with Gasteiger partial charge in [0.05, 0.1) is 12.9 Å². The Morgan fingerprint density at radius 2 is 1.60 bits per heavy atom. The third kappa shape index (κ3) is 6.14. The van der Waals surface area contributed by atoms with E-state index < -0.39 is 5.97 Å². The lowest BCUT2D eigenvalue weighted by Gasteiger charge is -2.13. The van der Waals surface area contributed by atoms with Gasteiger partial charge in [0.1, 0.15) is 17.5 Å². The molecule has 0 N–H and O–H groups in total. The molecule has 0 bridgehead atoms. The molecular weight excluding hydrogens is 400 g/mol. The van der Waals surface area contributed by atoms with E-state index in [9.17, 15) is 9.90 Å². The lowest BCUT2D eigenvalue weighted by Crippen LogP contribution is -2.21. The summed E-state index contributed by atoms with van der Waals surface area (Å²) in [5.74, 6) is -0.00135. The Hall–Kier alpha value is -2.72. The van der Waals surface area contributed by atoms with Crippen LogP contribution in [0, 0.1) is 0 Å². The van der Waals surface area contributed by atoms with Gasteiger partial charge >= 0.3 is 0 Å². The molecule has 0 fully saturated rings. The Bertz CT molecular complexity index is 933. The molecule has 1 aromatic heterocycles. The predicted molar refractivity (Wildman–Crippen MR) is 118 cm³/mol. The monoisotopic (exact) mass is 425 g/mol. The summed E-state index contributed by atoms with van der Waals surface area (Å²) in [5.41, 5.74) is 3.59. The fourth-order valence-electron chi connectivity index (χ4n) is 3.36. The van der Waals surface area contributed by atoms with Crippen LogP contribution in [-0.2, 0) is 0 Å². The number of unbranched alkanes of at least 4 members (excludes halogenated alkanes) is 5. The van der Waals surface area contributed by atoms with Gasteiger partial charge in [-0.05, 0) is 36.1 Å². The van der Waals surface area contributed by atoms with Gasteiger partial charge in [-0.1, -0.05) is 68.1 Å². The number of ether oxygens (including phenoxy) is 1. The van der Waals surface area contributed by atoms with E-state index in [0.717, 1.165) is 47.6 Å². The van der Waals surface area contributed by atoms with Crippen LogP contribution in [0.5, 0.6) is 5.75 Å². The Kier molecular flexibility index (Phi) is 8.40. The molecule has 1 heterocycles. The third-order valence-corrected chi connectivity index (χ3v) is 5.25. The maximum absolute atomic E-state index is 11.0. The lowest BCUT2D eigenvalue weighted by atomic mass is 10.00. The quantitative estimate of drug-likeness (QED) is 0.266. The molecule has 30 heavy (non-hydrogen) atoms. The smallest absolute Gasteiger partial charge is 0.149 e. The van der Waals surface area contributed by atoms with Crippen molar-refractivity contribution in [1.29, 1.82) is 0 Å². The fourth-order valence-corrected chi connectivity index (χ4v) is 3.55. The van der Waals surface area contributed by atoms with Gasteiger partial charge in [-0.2, -0.15) is 0 Å². The van der Waals surface area contributed by atoms with E-state index in [2.05, 4.69) is 0 Å². The summed E-state index contributed by atoms with van der Waals surface area (Å²) in [7, 11) is 0. The van der Waals surface area contributed by atoms with E-state index in [1.165, 1.54) is 31.6 Å². The number of carboxylic acids is 1. The average Bonchev–Trinajstić information content (AvgIpc) is 3.27. The van der Waals surface area contributed by atoms with Crippen LogP contribution in [0.1, 0.15) is 49.1 Å². The summed E-state index contributed by atoms with van der Waals surface area (Å²) in [4.78, 5) is 11.0. The number of rotatable bonds is 12. The zero-order valence-electron chi connectivity index (χ0n) is 16.9. The second-order valence-corrected chi connectivity index (χ2v) is 7.60. The van der Waals surface area contributed by atoms with Crippen molar-refractivity contribution in [3.05, 3.63) is 66.6 Å². The number of hydrogen-bond acceptors (Lipinski definition) is 4. The topological polar surface area (TPSA) is 62.5 Å². The summed E-state index contributed by atoms with van der Waals surface area (Å²) in [6.45, 7) is 0.633. The Balaban J connectivity index is 1.71. The largest absolute Gasteiger partial charge is 0.542 e. The highest BCUT2D eigenvalue weighted by molar-refractivity contribution is 6.17. The molecule has 3 rings (SSSR count). The van der Waals surface area contributed by atoms with E-state index in [-0.39, 0.29) is 5.76 Å². The first kappa shape index (κ1) is 22.0. The number of alkyl halides is 1. The van der Waals surface area contributed by atoms with Gasteiger partial charge in [0, 0.05) is 17.0 Å². The van der Waals surface area contributed by atoms with Crippen LogP contribution in [-0.4, -0.2) is 18.5 Å². The maximum Gasteiger partial charge on any atom is 0.149 e. The highest BCUT2D eigenvalue weighted by Crippen LogP contribution is 2.35. The second-order valence-electron chi connectivity index (χ2n) is 7.22. The summed E-state index contributed by atoms with van der Waals surface area (Å²) in [5, 5.41) is 11.0. The first-order chi connectivity index (χ1) is 14.7. The molecule has 0 amide bonds. The molecule has 0 aliphatic heterocycles. The molecule has 4 nitrogen and oxygen atoms in total. The first-order valence-corrected chi connectivity index (χ1v) is 10.9. The van der Waals surface area contributed by atoms with E-state index >= 15 is 0 Å². The standard InChI is InChI=1S/C25H27ClO4/c26-14-8-3-1-2-4-9-15-29-23-16-20(21-17-24(25(27)28)30-18-21)12-13-22(23)19-10-6-5-7-11-19/h5-7,10-13,16-18H,1-4,8-9,14-15H2,(H,27,28)/p-1. The van der Waals surface area contributed by atoms with Gasteiger partial charge in [-0.25, -0.2) is 0 Å². The Morgan fingerprint density at radius 3 is 2.30 bits per heavy atom. The maximum atomic E-state index is 11.0. The molecule has 0 saturated heterocycles. The highest BCUT2D eigenvalue weighted by atomic mass is 35.5. The van der Waals surface area contributed by atoms with Gasteiger partial charge in [0.15, 0.2) is 0 Å². The van der Waals surface area contributed by atoms with Gasteiger partial charge in [0.25, 0.3) is 0 Å². The van der Waals surface area contributed by atoms with Crippen molar-refractivity contribution in [2.75, 3.05) is 12.5 Å².